The molecule has 3 aliphatic rings. The highest BCUT2D eigenvalue weighted by Crippen LogP contribution is 2.44. The van der Waals surface area contributed by atoms with Crippen molar-refractivity contribution < 1.29 is 14.3 Å². The van der Waals surface area contributed by atoms with Crippen LogP contribution in [0.5, 0.6) is 11.5 Å². The van der Waals surface area contributed by atoms with Crippen LogP contribution in [0.15, 0.2) is 18.2 Å². The molecule has 4 rings (SSSR count). The van der Waals surface area contributed by atoms with Crippen molar-refractivity contribution in [3.8, 4) is 11.5 Å². The fourth-order valence-corrected chi connectivity index (χ4v) is 3.86. The molecule has 1 aromatic rings. The minimum absolute atomic E-state index is 0.0134. The lowest BCUT2D eigenvalue weighted by Crippen LogP contribution is -2.38. The largest absolute Gasteiger partial charge is 0.486 e. The Labute approximate surface area is 118 Å². The zero-order chi connectivity index (χ0) is 13.5. The molecule has 4 heteroatoms. The molecule has 4 nitrogen and oxygen atoms in total. The predicted octanol–water partition coefficient (Wildman–Crippen LogP) is 2.38. The van der Waals surface area contributed by atoms with Crippen molar-refractivity contribution in [2.45, 2.75) is 31.7 Å². The van der Waals surface area contributed by atoms with Crippen molar-refractivity contribution in [1.82, 2.24) is 5.32 Å². The maximum absolute atomic E-state index is 12.4. The zero-order valence-electron chi connectivity index (χ0n) is 11.4. The monoisotopic (exact) mass is 273 g/mol. The molecule has 0 aromatic heterocycles. The lowest BCUT2D eigenvalue weighted by Gasteiger charge is -2.23. The van der Waals surface area contributed by atoms with Crippen molar-refractivity contribution in [3.63, 3.8) is 0 Å². The molecule has 2 bridgehead atoms. The fourth-order valence-electron chi connectivity index (χ4n) is 3.86. The van der Waals surface area contributed by atoms with E-state index in [4.69, 9.17) is 9.47 Å². The average Bonchev–Trinajstić information content (AvgIpc) is 3.09. The van der Waals surface area contributed by atoms with E-state index in [-0.39, 0.29) is 5.91 Å². The first-order valence-electron chi connectivity index (χ1n) is 7.50. The number of hydrogen-bond acceptors (Lipinski definition) is 3. The van der Waals surface area contributed by atoms with Crippen molar-refractivity contribution >= 4 is 5.91 Å². The summed E-state index contributed by atoms with van der Waals surface area (Å²) in [4.78, 5) is 12.4. The first-order valence-corrected chi connectivity index (χ1v) is 7.50. The molecule has 2 aliphatic carbocycles. The first-order chi connectivity index (χ1) is 9.79. The standard InChI is InChI=1S/C16H19NO3/c18-16(17-13-8-10-1-2-11(13)7-10)12-3-4-14-15(9-12)20-6-5-19-14/h3-4,9-11,13H,1-2,5-8H2,(H,17,18)/t10-,11+,13+/m0/s1. The van der Waals surface area contributed by atoms with Crippen molar-refractivity contribution in [2.24, 2.45) is 11.8 Å². The van der Waals surface area contributed by atoms with Crippen LogP contribution in [0.1, 0.15) is 36.0 Å². The molecule has 1 heterocycles. The van der Waals surface area contributed by atoms with Crippen LogP contribution in [0.25, 0.3) is 0 Å². The molecule has 2 fully saturated rings. The van der Waals surface area contributed by atoms with Crippen LogP contribution in [-0.2, 0) is 0 Å². The Kier molecular flexibility index (Phi) is 2.83. The quantitative estimate of drug-likeness (QED) is 0.900. The average molecular weight is 273 g/mol. The van der Waals surface area contributed by atoms with E-state index in [1.807, 2.05) is 12.1 Å². The van der Waals surface area contributed by atoms with Gasteiger partial charge in [0.05, 0.1) is 0 Å². The number of rotatable bonds is 2. The molecule has 1 aromatic carbocycles. The number of carbonyl (C=O) groups is 1. The van der Waals surface area contributed by atoms with E-state index in [2.05, 4.69) is 5.32 Å². The van der Waals surface area contributed by atoms with Crippen LogP contribution in [0.2, 0.25) is 0 Å². The highest BCUT2D eigenvalue weighted by Gasteiger charge is 2.40. The van der Waals surface area contributed by atoms with Gasteiger partial charge in [0.15, 0.2) is 11.5 Å². The normalized spacial score (nSPS) is 30.3. The van der Waals surface area contributed by atoms with E-state index in [1.54, 1.807) is 6.07 Å². The van der Waals surface area contributed by atoms with Gasteiger partial charge >= 0.3 is 0 Å². The second kappa shape index (κ2) is 4.69. The SMILES string of the molecule is O=C(N[C@@H]1C[C@H]2CC[C@@H]1C2)c1ccc2c(c1)OCCO2. The number of hydrogen-bond donors (Lipinski definition) is 1. The van der Waals surface area contributed by atoms with Crippen LogP contribution in [-0.4, -0.2) is 25.2 Å². The van der Waals surface area contributed by atoms with E-state index in [1.165, 1.54) is 19.3 Å². The summed E-state index contributed by atoms with van der Waals surface area (Å²) in [6.07, 6.45) is 5.07. The predicted molar refractivity (Wildman–Crippen MR) is 74.1 cm³/mol. The molecule has 0 saturated heterocycles. The maximum atomic E-state index is 12.4. The number of benzene rings is 1. The Morgan fingerprint density at radius 1 is 1.10 bits per heavy atom. The van der Waals surface area contributed by atoms with Gasteiger partial charge in [-0.3, -0.25) is 4.79 Å². The Morgan fingerprint density at radius 2 is 1.95 bits per heavy atom. The summed E-state index contributed by atoms with van der Waals surface area (Å²) in [6, 6.07) is 5.80. The number of fused-ring (bicyclic) bond motifs is 3. The molecule has 0 unspecified atom stereocenters. The molecule has 3 atom stereocenters. The highest BCUT2D eigenvalue weighted by molar-refractivity contribution is 5.95. The van der Waals surface area contributed by atoms with Gasteiger partial charge < -0.3 is 14.8 Å². The van der Waals surface area contributed by atoms with Gasteiger partial charge in [-0.05, 0) is 49.3 Å². The van der Waals surface area contributed by atoms with Gasteiger partial charge in [-0.2, -0.15) is 0 Å². The zero-order valence-corrected chi connectivity index (χ0v) is 11.4. The number of amides is 1. The van der Waals surface area contributed by atoms with Gasteiger partial charge in [-0.1, -0.05) is 6.42 Å². The number of nitrogens with one attached hydrogen (secondary N) is 1. The van der Waals surface area contributed by atoms with Gasteiger partial charge in [0.25, 0.3) is 5.91 Å². The lowest BCUT2D eigenvalue weighted by atomic mass is 9.95. The van der Waals surface area contributed by atoms with E-state index in [0.717, 1.165) is 18.1 Å². The van der Waals surface area contributed by atoms with Crippen LogP contribution in [0.4, 0.5) is 0 Å². The Balaban J connectivity index is 1.48. The summed E-state index contributed by atoms with van der Waals surface area (Å²) in [5.74, 6) is 2.95. The van der Waals surface area contributed by atoms with Gasteiger partial charge in [0.1, 0.15) is 13.2 Å². The van der Waals surface area contributed by atoms with Crippen LogP contribution in [0, 0.1) is 11.8 Å². The summed E-state index contributed by atoms with van der Waals surface area (Å²) in [5.41, 5.74) is 0.664. The number of carbonyl (C=O) groups excluding carboxylic acids is 1. The summed E-state index contributed by atoms with van der Waals surface area (Å²) < 4.78 is 11.0. The molecule has 20 heavy (non-hydrogen) atoms. The van der Waals surface area contributed by atoms with E-state index in [9.17, 15) is 4.79 Å². The molecule has 1 amide bonds. The van der Waals surface area contributed by atoms with Crippen molar-refractivity contribution in [2.75, 3.05) is 13.2 Å². The maximum Gasteiger partial charge on any atom is 0.251 e. The third kappa shape index (κ3) is 2.03. The second-order valence-corrected chi connectivity index (χ2v) is 6.11. The van der Waals surface area contributed by atoms with Crippen molar-refractivity contribution in [1.29, 1.82) is 0 Å². The summed E-state index contributed by atoms with van der Waals surface area (Å²) in [5, 5.41) is 3.20. The minimum atomic E-state index is 0.0134. The Hall–Kier alpha value is -1.71. The van der Waals surface area contributed by atoms with Crippen LogP contribution >= 0.6 is 0 Å². The summed E-state index contributed by atoms with van der Waals surface area (Å²) in [7, 11) is 0. The molecule has 1 N–H and O–H groups in total. The minimum Gasteiger partial charge on any atom is -0.486 e. The molecular formula is C16H19NO3. The Morgan fingerprint density at radius 3 is 2.70 bits per heavy atom. The van der Waals surface area contributed by atoms with Gasteiger partial charge in [-0.15, -0.1) is 0 Å². The molecule has 2 saturated carbocycles. The number of ether oxygens (including phenoxy) is 2. The summed E-state index contributed by atoms with van der Waals surface area (Å²) >= 11 is 0. The van der Waals surface area contributed by atoms with Crippen molar-refractivity contribution in [3.05, 3.63) is 23.8 Å². The summed E-state index contributed by atoms with van der Waals surface area (Å²) in [6.45, 7) is 1.12. The van der Waals surface area contributed by atoms with E-state index in [0.29, 0.717) is 36.5 Å². The third-order valence-corrected chi connectivity index (χ3v) is 4.86. The fraction of sp³-hybridized carbons (Fsp3) is 0.562. The Bertz CT molecular complexity index is 543. The van der Waals surface area contributed by atoms with E-state index >= 15 is 0 Å². The molecular weight excluding hydrogens is 254 g/mol. The molecule has 1 aliphatic heterocycles. The van der Waals surface area contributed by atoms with E-state index < -0.39 is 0 Å². The first kappa shape index (κ1) is 12.1. The molecule has 0 spiro atoms. The van der Waals surface area contributed by atoms with Gasteiger partial charge in [0.2, 0.25) is 0 Å². The second-order valence-electron chi connectivity index (χ2n) is 6.11. The molecule has 0 radical (unpaired) electrons. The van der Waals surface area contributed by atoms with Crippen LogP contribution in [0.3, 0.4) is 0 Å². The third-order valence-electron chi connectivity index (χ3n) is 4.86. The topological polar surface area (TPSA) is 47.6 Å². The highest BCUT2D eigenvalue weighted by atomic mass is 16.6. The van der Waals surface area contributed by atoms with Gasteiger partial charge in [0, 0.05) is 11.6 Å². The molecule has 106 valence electrons. The smallest absolute Gasteiger partial charge is 0.251 e. The lowest BCUT2D eigenvalue weighted by molar-refractivity contribution is 0.0921. The van der Waals surface area contributed by atoms with Crippen LogP contribution < -0.4 is 14.8 Å². The van der Waals surface area contributed by atoms with Gasteiger partial charge in [-0.25, -0.2) is 0 Å².